The van der Waals surface area contributed by atoms with Gasteiger partial charge in [0.15, 0.2) is 0 Å². The summed E-state index contributed by atoms with van der Waals surface area (Å²) in [5, 5.41) is 2.87. The van der Waals surface area contributed by atoms with E-state index >= 15 is 0 Å². The van der Waals surface area contributed by atoms with Crippen molar-refractivity contribution in [2.75, 3.05) is 20.1 Å². The number of sulfonamides is 1. The van der Waals surface area contributed by atoms with Crippen LogP contribution in [0.4, 0.5) is 0 Å². The predicted molar refractivity (Wildman–Crippen MR) is 72.5 cm³/mol. The summed E-state index contributed by atoms with van der Waals surface area (Å²) in [6, 6.07) is 2.91. The Morgan fingerprint density at radius 2 is 2.05 bits per heavy atom. The third kappa shape index (κ3) is 2.10. The quantitative estimate of drug-likeness (QED) is 0.816. The molecule has 1 aliphatic carbocycles. The second kappa shape index (κ2) is 4.68. The first-order chi connectivity index (χ1) is 9.45. The predicted octanol–water partition coefficient (Wildman–Crippen LogP) is 0.347. The first kappa shape index (κ1) is 13.8. The number of pyridine rings is 1. The van der Waals surface area contributed by atoms with Crippen LogP contribution >= 0.6 is 11.6 Å². The Labute approximate surface area is 122 Å². The summed E-state index contributed by atoms with van der Waals surface area (Å²) in [6.07, 6.45) is 1.26. The first-order valence-corrected chi connectivity index (χ1v) is 8.10. The molecule has 2 aliphatic rings. The zero-order chi connectivity index (χ0) is 14.5. The number of piperidine rings is 1. The van der Waals surface area contributed by atoms with Gasteiger partial charge in [-0.25, -0.2) is 13.4 Å². The van der Waals surface area contributed by atoms with Crippen LogP contribution in [0.25, 0.3) is 0 Å². The van der Waals surface area contributed by atoms with Crippen LogP contribution in [0.2, 0.25) is 5.15 Å². The first-order valence-electron chi connectivity index (χ1n) is 6.28. The van der Waals surface area contributed by atoms with Crippen molar-refractivity contribution in [1.82, 2.24) is 14.6 Å². The number of amides is 1. The Kier molecular flexibility index (Phi) is 3.23. The second-order valence-corrected chi connectivity index (χ2v) is 7.43. The lowest BCUT2D eigenvalue weighted by Gasteiger charge is -2.19. The molecule has 0 unspecified atom stereocenters. The van der Waals surface area contributed by atoms with Crippen LogP contribution in [-0.2, 0) is 14.8 Å². The molecular weight excluding hydrogens is 302 g/mol. The number of carbonyl (C=O) groups excluding carboxylic acids is 1. The van der Waals surface area contributed by atoms with E-state index in [1.54, 1.807) is 7.05 Å². The molecule has 20 heavy (non-hydrogen) atoms. The van der Waals surface area contributed by atoms with Gasteiger partial charge in [0.1, 0.15) is 10.0 Å². The third-order valence-electron chi connectivity index (χ3n) is 4.05. The fraction of sp³-hybridized carbons (Fsp3) is 0.500. The van der Waals surface area contributed by atoms with E-state index in [2.05, 4.69) is 10.3 Å². The highest BCUT2D eigenvalue weighted by Crippen LogP contribution is 2.52. The molecule has 1 aromatic heterocycles. The number of nitrogens with zero attached hydrogens (tertiary/aromatic N) is 2. The Morgan fingerprint density at radius 1 is 1.40 bits per heavy atom. The van der Waals surface area contributed by atoms with E-state index in [1.807, 2.05) is 0 Å². The highest BCUT2D eigenvalue weighted by Gasteiger charge is 2.61. The van der Waals surface area contributed by atoms with Crippen molar-refractivity contribution in [3.05, 3.63) is 23.5 Å². The minimum Gasteiger partial charge on any atom is -0.359 e. The average Bonchev–Trinajstić information content (AvgIpc) is 2.92. The Bertz CT molecular complexity index is 634. The number of aromatic nitrogens is 1. The van der Waals surface area contributed by atoms with Crippen LogP contribution in [0, 0.1) is 17.8 Å². The molecule has 108 valence electrons. The number of halogens is 1. The fourth-order valence-corrected chi connectivity index (χ4v) is 4.48. The Hall–Kier alpha value is -1.18. The second-order valence-electron chi connectivity index (χ2n) is 5.11. The summed E-state index contributed by atoms with van der Waals surface area (Å²) in [6.45, 7) is 0.793. The minimum atomic E-state index is -3.53. The smallest absolute Gasteiger partial charge is 0.244 e. The molecule has 1 N–H and O–H groups in total. The molecule has 2 fully saturated rings. The van der Waals surface area contributed by atoms with Gasteiger partial charge < -0.3 is 5.32 Å². The number of hydrogen-bond acceptors (Lipinski definition) is 4. The van der Waals surface area contributed by atoms with Crippen LogP contribution in [0.1, 0.15) is 0 Å². The molecule has 1 aromatic rings. The number of nitrogens with one attached hydrogen (secondary N) is 1. The van der Waals surface area contributed by atoms with Gasteiger partial charge in [-0.05, 0) is 24.0 Å². The van der Waals surface area contributed by atoms with Crippen molar-refractivity contribution in [3.8, 4) is 0 Å². The highest BCUT2D eigenvalue weighted by atomic mass is 35.5. The average molecular weight is 316 g/mol. The van der Waals surface area contributed by atoms with Crippen LogP contribution in [-0.4, -0.2) is 43.8 Å². The molecular formula is C12H14ClN3O3S. The van der Waals surface area contributed by atoms with Gasteiger partial charge in [0, 0.05) is 32.3 Å². The van der Waals surface area contributed by atoms with Crippen molar-refractivity contribution in [2.45, 2.75) is 4.90 Å². The van der Waals surface area contributed by atoms with Crippen molar-refractivity contribution in [2.24, 2.45) is 17.8 Å². The van der Waals surface area contributed by atoms with Gasteiger partial charge in [0.05, 0.1) is 0 Å². The van der Waals surface area contributed by atoms with E-state index in [-0.39, 0.29) is 33.7 Å². The number of fused-ring (bicyclic) bond motifs is 1. The highest BCUT2D eigenvalue weighted by molar-refractivity contribution is 7.89. The van der Waals surface area contributed by atoms with Crippen molar-refractivity contribution >= 4 is 27.5 Å². The molecule has 1 amide bonds. The van der Waals surface area contributed by atoms with Crippen LogP contribution in [0.3, 0.4) is 0 Å². The molecule has 3 atom stereocenters. The maximum absolute atomic E-state index is 12.4. The summed E-state index contributed by atoms with van der Waals surface area (Å²) in [5.41, 5.74) is 0. The van der Waals surface area contributed by atoms with E-state index in [0.717, 1.165) is 0 Å². The van der Waals surface area contributed by atoms with Gasteiger partial charge in [-0.15, -0.1) is 0 Å². The topological polar surface area (TPSA) is 79.4 Å². The molecule has 0 bridgehead atoms. The Morgan fingerprint density at radius 3 is 2.55 bits per heavy atom. The molecule has 0 radical (unpaired) electrons. The molecule has 1 saturated heterocycles. The van der Waals surface area contributed by atoms with Gasteiger partial charge in [0.2, 0.25) is 15.9 Å². The molecule has 0 aromatic carbocycles. The van der Waals surface area contributed by atoms with E-state index < -0.39 is 10.0 Å². The maximum Gasteiger partial charge on any atom is 0.244 e. The van der Waals surface area contributed by atoms with Crippen molar-refractivity contribution < 1.29 is 13.2 Å². The SMILES string of the molecule is CNC(=O)[C@@H]1[C@@H]2CN(S(=O)(=O)c3ccc(Cl)nc3)C[C@@H]21. The van der Waals surface area contributed by atoms with E-state index in [9.17, 15) is 13.2 Å². The van der Waals surface area contributed by atoms with Crippen LogP contribution < -0.4 is 5.32 Å². The summed E-state index contributed by atoms with van der Waals surface area (Å²) < 4.78 is 26.2. The largest absolute Gasteiger partial charge is 0.359 e. The lowest BCUT2D eigenvalue weighted by atomic mass is 10.2. The van der Waals surface area contributed by atoms with E-state index in [0.29, 0.717) is 13.1 Å². The molecule has 3 rings (SSSR count). The molecule has 2 heterocycles. The van der Waals surface area contributed by atoms with Gasteiger partial charge in [0.25, 0.3) is 0 Å². The maximum atomic E-state index is 12.4. The zero-order valence-electron chi connectivity index (χ0n) is 10.8. The molecule has 1 saturated carbocycles. The zero-order valence-corrected chi connectivity index (χ0v) is 12.4. The number of carbonyl (C=O) groups is 1. The van der Waals surface area contributed by atoms with Gasteiger partial charge >= 0.3 is 0 Å². The van der Waals surface area contributed by atoms with Crippen molar-refractivity contribution in [3.63, 3.8) is 0 Å². The molecule has 8 heteroatoms. The van der Waals surface area contributed by atoms with Crippen LogP contribution in [0.5, 0.6) is 0 Å². The lowest BCUT2D eigenvalue weighted by Crippen LogP contribution is -2.34. The number of rotatable bonds is 3. The van der Waals surface area contributed by atoms with E-state index in [4.69, 9.17) is 11.6 Å². The van der Waals surface area contributed by atoms with Gasteiger partial charge in [-0.3, -0.25) is 4.79 Å². The van der Waals surface area contributed by atoms with Crippen LogP contribution in [0.15, 0.2) is 23.2 Å². The third-order valence-corrected chi connectivity index (χ3v) is 6.09. The normalized spacial score (nSPS) is 29.0. The lowest BCUT2D eigenvalue weighted by molar-refractivity contribution is -0.122. The molecule has 6 nitrogen and oxygen atoms in total. The summed E-state index contributed by atoms with van der Waals surface area (Å²) in [5.74, 6) is 0.259. The molecule has 1 aliphatic heterocycles. The molecule has 0 spiro atoms. The van der Waals surface area contributed by atoms with Gasteiger partial charge in [-0.2, -0.15) is 4.31 Å². The summed E-state index contributed by atoms with van der Waals surface area (Å²) in [4.78, 5) is 15.5. The number of hydrogen-bond donors (Lipinski definition) is 1. The Balaban J connectivity index is 1.74. The fourth-order valence-electron chi connectivity index (χ4n) is 2.90. The summed E-state index contributed by atoms with van der Waals surface area (Å²) >= 11 is 5.66. The standard InChI is InChI=1S/C12H14ClN3O3S/c1-14-12(17)11-8-5-16(6-9(8)11)20(18,19)7-2-3-10(13)15-4-7/h2-4,8-9,11H,5-6H2,1H3,(H,14,17)/t8-,9+,11-. The minimum absolute atomic E-state index is 0.00482. The van der Waals surface area contributed by atoms with Crippen molar-refractivity contribution in [1.29, 1.82) is 0 Å². The monoisotopic (exact) mass is 315 g/mol. The van der Waals surface area contributed by atoms with E-state index in [1.165, 1.54) is 22.6 Å². The summed E-state index contributed by atoms with van der Waals surface area (Å²) in [7, 11) is -1.93. The van der Waals surface area contributed by atoms with Gasteiger partial charge in [-0.1, -0.05) is 11.6 Å².